The monoisotopic (exact) mass is 294 g/mol. The summed E-state index contributed by atoms with van der Waals surface area (Å²) in [5, 5.41) is 0. The van der Waals surface area contributed by atoms with Crippen LogP contribution in [0.15, 0.2) is 66.9 Å². The highest BCUT2D eigenvalue weighted by molar-refractivity contribution is 5.39. The third-order valence-corrected chi connectivity index (χ3v) is 3.27. The van der Waals surface area contributed by atoms with Crippen molar-refractivity contribution in [1.29, 1.82) is 0 Å². The van der Waals surface area contributed by atoms with Gasteiger partial charge in [0.25, 0.3) is 0 Å². The Kier molecular flexibility index (Phi) is 4.01. The largest absolute Gasteiger partial charge is 0.453 e. The molecule has 0 unspecified atom stereocenters. The van der Waals surface area contributed by atoms with E-state index in [1.54, 1.807) is 30.3 Å². The molecule has 3 aromatic rings. The Morgan fingerprint density at radius 2 is 1.77 bits per heavy atom. The minimum Gasteiger partial charge on any atom is -0.453 e. The van der Waals surface area contributed by atoms with Gasteiger partial charge in [-0.05, 0) is 29.3 Å². The molecule has 22 heavy (non-hydrogen) atoms. The Balaban J connectivity index is 1.84. The van der Waals surface area contributed by atoms with Crippen LogP contribution in [0.4, 0.5) is 10.2 Å². The maximum atomic E-state index is 14.6. The maximum absolute atomic E-state index is 14.6. The zero-order chi connectivity index (χ0) is 15.4. The molecule has 1 heterocycles. The minimum atomic E-state index is -0.358. The van der Waals surface area contributed by atoms with Crippen molar-refractivity contribution in [1.82, 2.24) is 4.98 Å². The normalized spacial score (nSPS) is 10.4. The smallest absolute Gasteiger partial charge is 0.169 e. The van der Waals surface area contributed by atoms with E-state index in [4.69, 9.17) is 10.5 Å². The highest BCUT2D eigenvalue weighted by atomic mass is 19.1. The lowest BCUT2D eigenvalue weighted by atomic mass is 10.0. The first-order valence-corrected chi connectivity index (χ1v) is 6.93. The van der Waals surface area contributed by atoms with E-state index in [0.717, 1.165) is 5.56 Å². The van der Waals surface area contributed by atoms with E-state index in [1.165, 1.54) is 6.20 Å². The number of hydrogen-bond acceptors (Lipinski definition) is 3. The summed E-state index contributed by atoms with van der Waals surface area (Å²) in [6.07, 6.45) is 1.99. The van der Waals surface area contributed by atoms with E-state index in [0.29, 0.717) is 23.6 Å². The lowest BCUT2D eigenvalue weighted by Crippen LogP contribution is -1.97. The van der Waals surface area contributed by atoms with Crippen molar-refractivity contribution in [2.45, 2.75) is 6.42 Å². The topological polar surface area (TPSA) is 48.1 Å². The van der Waals surface area contributed by atoms with Gasteiger partial charge in [-0.3, -0.25) is 0 Å². The molecule has 0 saturated carbocycles. The second kappa shape index (κ2) is 6.26. The Hall–Kier alpha value is -2.88. The van der Waals surface area contributed by atoms with Crippen LogP contribution in [0, 0.1) is 5.82 Å². The Morgan fingerprint density at radius 3 is 2.50 bits per heavy atom. The summed E-state index contributed by atoms with van der Waals surface area (Å²) in [7, 11) is 0. The molecule has 0 bridgehead atoms. The molecule has 110 valence electrons. The maximum Gasteiger partial charge on any atom is 0.169 e. The quantitative estimate of drug-likeness (QED) is 0.785. The van der Waals surface area contributed by atoms with Crippen LogP contribution in [0.5, 0.6) is 11.5 Å². The van der Waals surface area contributed by atoms with Crippen molar-refractivity contribution in [3.8, 4) is 11.5 Å². The summed E-state index contributed by atoms with van der Waals surface area (Å²) >= 11 is 0. The molecule has 2 aromatic carbocycles. The predicted molar refractivity (Wildman–Crippen MR) is 84.4 cm³/mol. The van der Waals surface area contributed by atoms with Gasteiger partial charge in [-0.25, -0.2) is 9.37 Å². The predicted octanol–water partition coefficient (Wildman–Crippen LogP) is 4.19. The third kappa shape index (κ3) is 3.23. The molecule has 0 amide bonds. The first kappa shape index (κ1) is 14.1. The van der Waals surface area contributed by atoms with Crippen LogP contribution in [0.25, 0.3) is 0 Å². The summed E-state index contributed by atoms with van der Waals surface area (Å²) in [6.45, 7) is 0. The summed E-state index contributed by atoms with van der Waals surface area (Å²) in [4.78, 5) is 3.93. The van der Waals surface area contributed by atoms with E-state index in [9.17, 15) is 4.39 Å². The van der Waals surface area contributed by atoms with Gasteiger partial charge in [0.15, 0.2) is 11.6 Å². The SMILES string of the molecule is Nc1ccc(Oc2cccc(Cc3ccccc3)c2F)cn1. The number of anilines is 1. The third-order valence-electron chi connectivity index (χ3n) is 3.27. The van der Waals surface area contributed by atoms with E-state index >= 15 is 0 Å². The Morgan fingerprint density at radius 1 is 0.955 bits per heavy atom. The number of benzene rings is 2. The minimum absolute atomic E-state index is 0.181. The first-order chi connectivity index (χ1) is 10.7. The first-order valence-electron chi connectivity index (χ1n) is 6.93. The average Bonchev–Trinajstić information content (AvgIpc) is 2.54. The molecule has 0 radical (unpaired) electrons. The van der Waals surface area contributed by atoms with Gasteiger partial charge in [-0.15, -0.1) is 0 Å². The molecule has 0 fully saturated rings. The number of pyridine rings is 1. The Bertz CT molecular complexity index is 758. The molecule has 0 aliphatic heterocycles. The van der Waals surface area contributed by atoms with Crippen molar-refractivity contribution in [2.75, 3.05) is 5.73 Å². The highest BCUT2D eigenvalue weighted by Gasteiger charge is 2.10. The molecular weight excluding hydrogens is 279 g/mol. The van der Waals surface area contributed by atoms with Crippen LogP contribution in [0.2, 0.25) is 0 Å². The summed E-state index contributed by atoms with van der Waals surface area (Å²) < 4.78 is 20.1. The van der Waals surface area contributed by atoms with Crippen LogP contribution in [0.3, 0.4) is 0 Å². The lowest BCUT2D eigenvalue weighted by molar-refractivity contribution is 0.437. The van der Waals surface area contributed by atoms with Gasteiger partial charge in [0, 0.05) is 6.42 Å². The van der Waals surface area contributed by atoms with Crippen LogP contribution >= 0.6 is 0 Å². The van der Waals surface area contributed by atoms with E-state index in [2.05, 4.69) is 4.98 Å². The molecule has 1 aromatic heterocycles. The summed E-state index contributed by atoms with van der Waals surface area (Å²) in [5.41, 5.74) is 7.16. The van der Waals surface area contributed by atoms with Crippen LogP contribution in [-0.4, -0.2) is 4.98 Å². The molecule has 0 aliphatic carbocycles. The number of rotatable bonds is 4. The number of hydrogen-bond donors (Lipinski definition) is 1. The zero-order valence-electron chi connectivity index (χ0n) is 11.9. The zero-order valence-corrected chi connectivity index (χ0v) is 11.9. The van der Waals surface area contributed by atoms with Crippen LogP contribution in [0.1, 0.15) is 11.1 Å². The molecule has 0 spiro atoms. The number of aromatic nitrogens is 1. The van der Waals surface area contributed by atoms with Gasteiger partial charge in [-0.2, -0.15) is 0 Å². The molecule has 0 atom stereocenters. The fourth-order valence-corrected chi connectivity index (χ4v) is 2.17. The number of ether oxygens (including phenoxy) is 1. The molecule has 4 heteroatoms. The van der Waals surface area contributed by atoms with Gasteiger partial charge in [0.2, 0.25) is 0 Å². The molecule has 0 aliphatic rings. The molecule has 0 saturated heterocycles. The number of nitrogen functional groups attached to an aromatic ring is 1. The fourth-order valence-electron chi connectivity index (χ4n) is 2.17. The van der Waals surface area contributed by atoms with Crippen molar-refractivity contribution >= 4 is 5.82 Å². The van der Waals surface area contributed by atoms with Gasteiger partial charge in [0.1, 0.15) is 11.6 Å². The average molecular weight is 294 g/mol. The van der Waals surface area contributed by atoms with Gasteiger partial charge >= 0.3 is 0 Å². The van der Waals surface area contributed by atoms with Crippen molar-refractivity contribution in [3.63, 3.8) is 0 Å². The van der Waals surface area contributed by atoms with Gasteiger partial charge < -0.3 is 10.5 Å². The van der Waals surface area contributed by atoms with Gasteiger partial charge in [-0.1, -0.05) is 42.5 Å². The number of nitrogens with two attached hydrogens (primary N) is 1. The molecule has 3 nitrogen and oxygen atoms in total. The molecule has 2 N–H and O–H groups in total. The van der Waals surface area contributed by atoms with Crippen molar-refractivity contribution in [3.05, 3.63) is 83.8 Å². The standard InChI is InChI=1S/C18H15FN2O/c19-18-14(11-13-5-2-1-3-6-13)7-4-8-16(18)22-15-9-10-17(20)21-12-15/h1-10,12H,11H2,(H2,20,21). The number of nitrogens with zero attached hydrogens (tertiary/aromatic N) is 1. The fraction of sp³-hybridized carbons (Fsp3) is 0.0556. The lowest BCUT2D eigenvalue weighted by Gasteiger charge is -2.10. The highest BCUT2D eigenvalue weighted by Crippen LogP contribution is 2.27. The van der Waals surface area contributed by atoms with Crippen LogP contribution < -0.4 is 10.5 Å². The van der Waals surface area contributed by atoms with Gasteiger partial charge in [0.05, 0.1) is 6.20 Å². The molecular formula is C18H15FN2O. The van der Waals surface area contributed by atoms with Crippen molar-refractivity contribution in [2.24, 2.45) is 0 Å². The Labute approximate surface area is 128 Å². The summed E-state index contributed by atoms with van der Waals surface area (Å²) in [5.74, 6) is 0.666. The second-order valence-corrected chi connectivity index (χ2v) is 4.91. The van der Waals surface area contributed by atoms with E-state index < -0.39 is 0 Å². The van der Waals surface area contributed by atoms with E-state index in [-0.39, 0.29) is 11.6 Å². The van der Waals surface area contributed by atoms with Crippen molar-refractivity contribution < 1.29 is 9.13 Å². The molecule has 3 rings (SSSR count). The van der Waals surface area contributed by atoms with Crippen LogP contribution in [-0.2, 0) is 6.42 Å². The second-order valence-electron chi connectivity index (χ2n) is 4.91. The number of halogens is 1. The van der Waals surface area contributed by atoms with E-state index in [1.807, 2.05) is 30.3 Å². The summed E-state index contributed by atoms with van der Waals surface area (Å²) in [6, 6.07) is 18.2.